The molecule has 1 aliphatic heterocycles. The highest BCUT2D eigenvalue weighted by atomic mass is 19.1. The Hall–Kier alpha value is -3.45. The van der Waals surface area contributed by atoms with Gasteiger partial charge < -0.3 is 0 Å². The van der Waals surface area contributed by atoms with Crippen LogP contribution in [0.25, 0.3) is 22.0 Å². The van der Waals surface area contributed by atoms with Gasteiger partial charge in [0.15, 0.2) is 5.78 Å². The van der Waals surface area contributed by atoms with E-state index in [1.807, 2.05) is 30.2 Å². The van der Waals surface area contributed by atoms with Crippen LogP contribution >= 0.6 is 0 Å². The molecule has 33 heavy (non-hydrogen) atoms. The highest BCUT2D eigenvalue weighted by molar-refractivity contribution is 5.97. The van der Waals surface area contributed by atoms with E-state index in [2.05, 4.69) is 26.0 Å². The van der Waals surface area contributed by atoms with Crippen molar-refractivity contribution in [3.05, 3.63) is 77.8 Å². The monoisotopic (exact) mass is 443 g/mol. The Labute approximate surface area is 192 Å². The number of benzene rings is 1. The minimum atomic E-state index is -0.357. The van der Waals surface area contributed by atoms with Crippen LogP contribution in [-0.2, 0) is 20.0 Å². The van der Waals surface area contributed by atoms with Crippen molar-refractivity contribution in [2.75, 3.05) is 13.1 Å². The molecule has 5 rings (SSSR count). The second kappa shape index (κ2) is 9.19. The maximum Gasteiger partial charge on any atom is 0.168 e. The SMILES string of the molecule is Cn1ncc(-c2cnc3cnc(CC(=O)c4ccc(F)cc4)cc3c2)c1CN1CCCCC1. The van der Waals surface area contributed by atoms with Gasteiger partial charge in [-0.1, -0.05) is 6.42 Å². The average molecular weight is 444 g/mol. The molecule has 0 bridgehead atoms. The van der Waals surface area contributed by atoms with Gasteiger partial charge in [0.1, 0.15) is 5.82 Å². The van der Waals surface area contributed by atoms with Crippen LogP contribution in [0, 0.1) is 5.82 Å². The van der Waals surface area contributed by atoms with E-state index < -0.39 is 0 Å². The first-order valence-electron chi connectivity index (χ1n) is 11.3. The molecule has 0 atom stereocenters. The van der Waals surface area contributed by atoms with Crippen LogP contribution in [0.3, 0.4) is 0 Å². The summed E-state index contributed by atoms with van der Waals surface area (Å²) in [5.74, 6) is -0.453. The Kier molecular flexibility index (Phi) is 5.96. The van der Waals surface area contributed by atoms with Crippen molar-refractivity contribution in [1.82, 2.24) is 24.6 Å². The van der Waals surface area contributed by atoms with Crippen molar-refractivity contribution in [3.8, 4) is 11.1 Å². The Morgan fingerprint density at radius 1 is 1.00 bits per heavy atom. The third kappa shape index (κ3) is 4.68. The first-order chi connectivity index (χ1) is 16.1. The van der Waals surface area contributed by atoms with Gasteiger partial charge in [-0.3, -0.25) is 24.3 Å². The summed E-state index contributed by atoms with van der Waals surface area (Å²) in [6.07, 6.45) is 9.42. The first kappa shape index (κ1) is 21.4. The predicted molar refractivity (Wildman–Crippen MR) is 125 cm³/mol. The van der Waals surface area contributed by atoms with Crippen LogP contribution in [0.2, 0.25) is 0 Å². The van der Waals surface area contributed by atoms with Crippen LogP contribution < -0.4 is 0 Å². The molecule has 0 saturated carbocycles. The zero-order valence-electron chi connectivity index (χ0n) is 18.7. The second-order valence-corrected chi connectivity index (χ2v) is 8.66. The number of Topliss-reactive ketones (excluding diaryl/α,β-unsaturated/α-hetero) is 1. The molecule has 0 aliphatic carbocycles. The number of likely N-dealkylation sites (tertiary alicyclic amines) is 1. The number of nitrogens with zero attached hydrogens (tertiary/aromatic N) is 5. The molecule has 0 unspecified atom stereocenters. The molecule has 7 heteroatoms. The molecule has 6 nitrogen and oxygen atoms in total. The molecule has 0 amide bonds. The number of aromatic nitrogens is 4. The van der Waals surface area contributed by atoms with E-state index in [9.17, 15) is 9.18 Å². The molecule has 0 spiro atoms. The predicted octanol–water partition coefficient (Wildman–Crippen LogP) is 4.58. The van der Waals surface area contributed by atoms with E-state index in [-0.39, 0.29) is 18.0 Å². The zero-order chi connectivity index (χ0) is 22.8. The molecular formula is C26H26FN5O. The second-order valence-electron chi connectivity index (χ2n) is 8.66. The molecule has 1 fully saturated rings. The first-order valence-corrected chi connectivity index (χ1v) is 11.3. The molecule has 0 N–H and O–H groups in total. The maximum atomic E-state index is 13.2. The minimum absolute atomic E-state index is 0.0953. The topological polar surface area (TPSA) is 63.9 Å². The van der Waals surface area contributed by atoms with Crippen molar-refractivity contribution in [3.63, 3.8) is 0 Å². The van der Waals surface area contributed by atoms with Crippen LogP contribution in [0.5, 0.6) is 0 Å². The van der Waals surface area contributed by atoms with Crippen molar-refractivity contribution >= 4 is 16.7 Å². The number of carbonyl (C=O) groups is 1. The lowest BCUT2D eigenvalue weighted by molar-refractivity contribution is 0.0992. The van der Waals surface area contributed by atoms with E-state index in [1.165, 1.54) is 49.2 Å². The maximum absolute atomic E-state index is 13.2. The molecular weight excluding hydrogens is 417 g/mol. The summed E-state index contributed by atoms with van der Waals surface area (Å²) in [5, 5.41) is 5.44. The number of carbonyl (C=O) groups excluding carboxylic acids is 1. The Morgan fingerprint density at radius 3 is 2.58 bits per heavy atom. The lowest BCUT2D eigenvalue weighted by atomic mass is 10.0. The number of aryl methyl sites for hydroxylation is 1. The van der Waals surface area contributed by atoms with Gasteiger partial charge in [0.05, 0.1) is 30.0 Å². The average Bonchev–Trinajstić information content (AvgIpc) is 3.19. The molecule has 1 saturated heterocycles. The van der Waals surface area contributed by atoms with Gasteiger partial charge in [-0.05, 0) is 62.3 Å². The van der Waals surface area contributed by atoms with E-state index in [1.54, 1.807) is 6.20 Å². The number of halogens is 1. The van der Waals surface area contributed by atoms with Crippen molar-refractivity contribution in [2.24, 2.45) is 7.05 Å². The van der Waals surface area contributed by atoms with Crippen molar-refractivity contribution < 1.29 is 9.18 Å². The summed E-state index contributed by atoms with van der Waals surface area (Å²) >= 11 is 0. The van der Waals surface area contributed by atoms with Gasteiger partial charge in [-0.25, -0.2) is 4.39 Å². The van der Waals surface area contributed by atoms with E-state index in [0.717, 1.165) is 41.7 Å². The van der Waals surface area contributed by atoms with Gasteiger partial charge in [-0.2, -0.15) is 5.10 Å². The number of rotatable bonds is 6. The number of fused-ring (bicyclic) bond motifs is 1. The number of hydrogen-bond donors (Lipinski definition) is 0. The summed E-state index contributed by atoms with van der Waals surface area (Å²) in [4.78, 5) is 24.1. The normalized spacial score (nSPS) is 14.6. The van der Waals surface area contributed by atoms with Crippen LogP contribution in [0.15, 0.2) is 55.0 Å². The van der Waals surface area contributed by atoms with E-state index in [0.29, 0.717) is 11.3 Å². The molecule has 4 aromatic rings. The summed E-state index contributed by atoms with van der Waals surface area (Å²) in [6, 6.07) is 9.61. The van der Waals surface area contributed by atoms with Crippen LogP contribution in [0.4, 0.5) is 4.39 Å². The molecule has 4 heterocycles. The molecule has 168 valence electrons. The van der Waals surface area contributed by atoms with Gasteiger partial charge in [-0.15, -0.1) is 0 Å². The largest absolute Gasteiger partial charge is 0.298 e. The fraction of sp³-hybridized carbons (Fsp3) is 0.308. The van der Waals surface area contributed by atoms with Gasteiger partial charge in [0.2, 0.25) is 0 Å². The molecule has 1 aliphatic rings. The zero-order valence-corrected chi connectivity index (χ0v) is 18.7. The molecule has 3 aromatic heterocycles. The summed E-state index contributed by atoms with van der Waals surface area (Å²) in [7, 11) is 1.99. The Morgan fingerprint density at radius 2 is 1.79 bits per heavy atom. The third-order valence-electron chi connectivity index (χ3n) is 6.33. The quantitative estimate of drug-likeness (QED) is 0.408. The smallest absolute Gasteiger partial charge is 0.168 e. The van der Waals surface area contributed by atoms with E-state index >= 15 is 0 Å². The highest BCUT2D eigenvalue weighted by Crippen LogP contribution is 2.27. The Balaban J connectivity index is 1.41. The highest BCUT2D eigenvalue weighted by Gasteiger charge is 2.17. The van der Waals surface area contributed by atoms with Crippen molar-refractivity contribution in [1.29, 1.82) is 0 Å². The van der Waals surface area contributed by atoms with Gasteiger partial charge >= 0.3 is 0 Å². The number of piperidine rings is 1. The summed E-state index contributed by atoms with van der Waals surface area (Å²) in [5.41, 5.74) is 5.18. The summed E-state index contributed by atoms with van der Waals surface area (Å²) in [6.45, 7) is 3.12. The number of ketones is 1. The fourth-order valence-electron chi connectivity index (χ4n) is 4.44. The Bertz CT molecular complexity index is 1290. The van der Waals surface area contributed by atoms with Gasteiger partial charge in [0.25, 0.3) is 0 Å². The van der Waals surface area contributed by atoms with Gasteiger partial charge in [0, 0.05) is 47.6 Å². The minimum Gasteiger partial charge on any atom is -0.298 e. The third-order valence-corrected chi connectivity index (χ3v) is 6.33. The fourth-order valence-corrected chi connectivity index (χ4v) is 4.44. The number of hydrogen-bond acceptors (Lipinski definition) is 5. The lowest BCUT2D eigenvalue weighted by Gasteiger charge is -2.26. The summed E-state index contributed by atoms with van der Waals surface area (Å²) < 4.78 is 15.1. The van der Waals surface area contributed by atoms with Crippen LogP contribution in [-0.4, -0.2) is 43.5 Å². The van der Waals surface area contributed by atoms with Crippen LogP contribution in [0.1, 0.15) is 41.0 Å². The van der Waals surface area contributed by atoms with E-state index in [4.69, 9.17) is 0 Å². The van der Waals surface area contributed by atoms with Crippen molar-refractivity contribution in [2.45, 2.75) is 32.2 Å². The molecule has 0 radical (unpaired) electrons. The number of pyridine rings is 2. The standard InChI is InChI=1S/C26H26FN5O/c1-31-25(17-32-9-3-2-4-10-32)23(15-30-31)20-11-19-12-22(28-16-24(19)29-14-20)13-26(33)18-5-7-21(27)8-6-18/h5-8,11-12,14-16H,2-4,9-10,13,17H2,1H3. The molecule has 1 aromatic carbocycles. The lowest BCUT2D eigenvalue weighted by Crippen LogP contribution is -2.30.